The van der Waals surface area contributed by atoms with E-state index in [0.29, 0.717) is 16.6 Å². The maximum atomic E-state index is 12.4. The van der Waals surface area contributed by atoms with Gasteiger partial charge in [-0.15, -0.1) is 11.3 Å². The first-order chi connectivity index (χ1) is 12.3. The lowest BCUT2D eigenvalue weighted by molar-refractivity contribution is -0.132. The summed E-state index contributed by atoms with van der Waals surface area (Å²) in [6.07, 6.45) is 2.36. The number of hydrogen-bond acceptors (Lipinski definition) is 5. The number of piperidine rings is 1. The summed E-state index contributed by atoms with van der Waals surface area (Å²) in [4.78, 5) is 18.6. The molecule has 1 saturated heterocycles. The highest BCUT2D eigenvalue weighted by Crippen LogP contribution is 2.22. The highest BCUT2D eigenvalue weighted by molar-refractivity contribution is 7.93. The van der Waals surface area contributed by atoms with E-state index in [0.717, 1.165) is 25.9 Å². The molecule has 1 atom stereocenters. The number of halogens is 1. The SMILES string of the molecule is CC1CCCN(C(=O)Cc2csc(NS(=O)(=O)c3ccc(Cl)cc3)n2)C1. The number of thiazole rings is 1. The number of rotatable bonds is 5. The molecule has 0 radical (unpaired) electrons. The highest BCUT2D eigenvalue weighted by Gasteiger charge is 2.22. The van der Waals surface area contributed by atoms with Crippen LogP contribution < -0.4 is 4.72 Å². The Balaban J connectivity index is 1.64. The number of likely N-dealkylation sites (tertiary alicyclic amines) is 1. The second-order valence-corrected chi connectivity index (χ2v) is 9.44. The third-order valence-corrected chi connectivity index (χ3v) is 6.78. The summed E-state index contributed by atoms with van der Waals surface area (Å²) in [5, 5.41) is 2.42. The monoisotopic (exact) mass is 413 g/mol. The number of sulfonamides is 1. The average molecular weight is 414 g/mol. The Morgan fingerprint density at radius 3 is 2.81 bits per heavy atom. The Labute approximate surface area is 162 Å². The number of benzene rings is 1. The molecule has 1 aromatic heterocycles. The van der Waals surface area contributed by atoms with E-state index in [1.807, 2.05) is 4.90 Å². The van der Waals surface area contributed by atoms with Crippen LogP contribution in [0.2, 0.25) is 5.02 Å². The van der Waals surface area contributed by atoms with Crippen LogP contribution in [-0.4, -0.2) is 37.3 Å². The number of amides is 1. The molecule has 3 rings (SSSR count). The Morgan fingerprint density at radius 2 is 2.12 bits per heavy atom. The quantitative estimate of drug-likeness (QED) is 0.814. The molecule has 0 bridgehead atoms. The van der Waals surface area contributed by atoms with Crippen molar-refractivity contribution in [3.63, 3.8) is 0 Å². The molecule has 0 saturated carbocycles. The summed E-state index contributed by atoms with van der Waals surface area (Å²) in [7, 11) is -3.73. The van der Waals surface area contributed by atoms with Gasteiger partial charge >= 0.3 is 0 Å². The van der Waals surface area contributed by atoms with Gasteiger partial charge in [0.25, 0.3) is 10.0 Å². The fourth-order valence-corrected chi connectivity index (χ4v) is 4.99. The average Bonchev–Trinajstić information content (AvgIpc) is 3.01. The van der Waals surface area contributed by atoms with Crippen LogP contribution in [0.1, 0.15) is 25.5 Å². The molecule has 1 fully saturated rings. The molecule has 1 aliphatic heterocycles. The molecule has 1 unspecified atom stereocenters. The maximum absolute atomic E-state index is 12.4. The number of hydrogen-bond donors (Lipinski definition) is 1. The van der Waals surface area contributed by atoms with Crippen molar-refractivity contribution in [1.29, 1.82) is 0 Å². The molecule has 2 heterocycles. The highest BCUT2D eigenvalue weighted by atomic mass is 35.5. The molecule has 0 spiro atoms. The molecule has 1 N–H and O–H groups in total. The first-order valence-corrected chi connectivity index (χ1v) is 11.1. The fourth-order valence-electron chi connectivity index (χ4n) is 2.91. The second-order valence-electron chi connectivity index (χ2n) is 6.47. The standard InChI is InChI=1S/C17H20ClN3O3S2/c1-12-3-2-8-21(10-12)16(22)9-14-11-25-17(19-14)20-26(23,24)15-6-4-13(18)5-7-15/h4-7,11-12H,2-3,8-10H2,1H3,(H,19,20). The molecule has 0 aliphatic carbocycles. The van der Waals surface area contributed by atoms with Gasteiger partial charge in [-0.05, 0) is 43.0 Å². The minimum Gasteiger partial charge on any atom is -0.342 e. The summed E-state index contributed by atoms with van der Waals surface area (Å²) in [6, 6.07) is 5.89. The smallest absolute Gasteiger partial charge is 0.263 e. The van der Waals surface area contributed by atoms with Crippen LogP contribution in [0.15, 0.2) is 34.5 Å². The lowest BCUT2D eigenvalue weighted by Gasteiger charge is -2.30. The largest absolute Gasteiger partial charge is 0.342 e. The predicted molar refractivity (Wildman–Crippen MR) is 103 cm³/mol. The predicted octanol–water partition coefficient (Wildman–Crippen LogP) is 3.40. The van der Waals surface area contributed by atoms with Crippen molar-refractivity contribution in [2.75, 3.05) is 17.8 Å². The lowest BCUT2D eigenvalue weighted by atomic mass is 10.00. The van der Waals surface area contributed by atoms with Crippen LogP contribution in [0, 0.1) is 5.92 Å². The zero-order chi connectivity index (χ0) is 18.7. The molecule has 9 heteroatoms. The van der Waals surface area contributed by atoms with Crippen molar-refractivity contribution in [1.82, 2.24) is 9.88 Å². The van der Waals surface area contributed by atoms with Crippen molar-refractivity contribution in [3.8, 4) is 0 Å². The van der Waals surface area contributed by atoms with E-state index < -0.39 is 10.0 Å². The first-order valence-electron chi connectivity index (χ1n) is 8.34. The minimum atomic E-state index is -3.73. The van der Waals surface area contributed by atoms with E-state index in [-0.39, 0.29) is 22.4 Å². The Hall–Kier alpha value is -1.64. The van der Waals surface area contributed by atoms with Gasteiger partial charge in [0, 0.05) is 23.5 Å². The molecular weight excluding hydrogens is 394 g/mol. The van der Waals surface area contributed by atoms with Gasteiger partial charge in [0.1, 0.15) is 0 Å². The van der Waals surface area contributed by atoms with Gasteiger partial charge in [0.05, 0.1) is 17.0 Å². The molecule has 140 valence electrons. The van der Waals surface area contributed by atoms with Gasteiger partial charge in [-0.25, -0.2) is 13.4 Å². The number of anilines is 1. The van der Waals surface area contributed by atoms with E-state index in [2.05, 4.69) is 16.6 Å². The van der Waals surface area contributed by atoms with E-state index in [1.165, 1.54) is 35.6 Å². The van der Waals surface area contributed by atoms with Gasteiger partial charge < -0.3 is 4.90 Å². The lowest BCUT2D eigenvalue weighted by Crippen LogP contribution is -2.39. The van der Waals surface area contributed by atoms with Crippen molar-refractivity contribution < 1.29 is 13.2 Å². The molecule has 1 aliphatic rings. The van der Waals surface area contributed by atoms with Gasteiger partial charge in [-0.3, -0.25) is 9.52 Å². The van der Waals surface area contributed by atoms with Crippen LogP contribution in [0.25, 0.3) is 0 Å². The van der Waals surface area contributed by atoms with Crippen LogP contribution >= 0.6 is 22.9 Å². The van der Waals surface area contributed by atoms with E-state index in [9.17, 15) is 13.2 Å². The Bertz CT molecular complexity index is 881. The topological polar surface area (TPSA) is 79.4 Å². The molecule has 1 aromatic carbocycles. The number of aromatic nitrogens is 1. The fraction of sp³-hybridized carbons (Fsp3) is 0.412. The number of nitrogens with one attached hydrogen (secondary N) is 1. The van der Waals surface area contributed by atoms with Gasteiger partial charge in [-0.1, -0.05) is 18.5 Å². The third-order valence-electron chi connectivity index (χ3n) is 4.24. The third kappa shape index (κ3) is 4.75. The van der Waals surface area contributed by atoms with Crippen LogP contribution in [0.5, 0.6) is 0 Å². The first kappa shape index (κ1) is 19.1. The van der Waals surface area contributed by atoms with Gasteiger partial charge in [0.2, 0.25) is 5.91 Å². The van der Waals surface area contributed by atoms with Crippen molar-refractivity contribution >= 4 is 44.0 Å². The summed E-state index contributed by atoms with van der Waals surface area (Å²) < 4.78 is 27.2. The minimum absolute atomic E-state index is 0.0361. The maximum Gasteiger partial charge on any atom is 0.263 e. The van der Waals surface area contributed by atoms with Crippen molar-refractivity contribution in [2.24, 2.45) is 5.92 Å². The van der Waals surface area contributed by atoms with E-state index in [4.69, 9.17) is 11.6 Å². The van der Waals surface area contributed by atoms with Crippen LogP contribution in [-0.2, 0) is 21.2 Å². The van der Waals surface area contributed by atoms with E-state index in [1.54, 1.807) is 5.38 Å². The van der Waals surface area contributed by atoms with Crippen molar-refractivity contribution in [2.45, 2.75) is 31.1 Å². The zero-order valence-corrected chi connectivity index (χ0v) is 16.7. The molecular formula is C17H20ClN3O3S2. The molecule has 2 aromatic rings. The summed E-state index contributed by atoms with van der Waals surface area (Å²) >= 11 is 6.95. The summed E-state index contributed by atoms with van der Waals surface area (Å²) in [5.41, 5.74) is 0.576. The molecule has 26 heavy (non-hydrogen) atoms. The molecule has 1 amide bonds. The van der Waals surface area contributed by atoms with Crippen LogP contribution in [0.4, 0.5) is 5.13 Å². The van der Waals surface area contributed by atoms with Crippen LogP contribution in [0.3, 0.4) is 0 Å². The Morgan fingerprint density at radius 1 is 1.38 bits per heavy atom. The number of carbonyl (C=O) groups is 1. The van der Waals surface area contributed by atoms with E-state index >= 15 is 0 Å². The normalized spacial score (nSPS) is 17.9. The second kappa shape index (κ2) is 7.94. The number of nitrogens with zero attached hydrogens (tertiary/aromatic N) is 2. The zero-order valence-electron chi connectivity index (χ0n) is 14.3. The Kier molecular flexibility index (Phi) is 5.84. The summed E-state index contributed by atoms with van der Waals surface area (Å²) in [6.45, 7) is 3.70. The van der Waals surface area contributed by atoms with Crippen molar-refractivity contribution in [3.05, 3.63) is 40.4 Å². The number of carbonyl (C=O) groups excluding carboxylic acids is 1. The summed E-state index contributed by atoms with van der Waals surface area (Å²) in [5.74, 6) is 0.554. The van der Waals surface area contributed by atoms with Gasteiger partial charge in [0.15, 0.2) is 5.13 Å². The molecule has 6 nitrogen and oxygen atoms in total. The van der Waals surface area contributed by atoms with Gasteiger partial charge in [-0.2, -0.15) is 0 Å².